The summed E-state index contributed by atoms with van der Waals surface area (Å²) in [5, 5.41) is 20.3. The van der Waals surface area contributed by atoms with E-state index in [9.17, 15) is 9.90 Å². The van der Waals surface area contributed by atoms with Gasteiger partial charge in [-0.05, 0) is 24.6 Å². The molecule has 7 heteroatoms. The van der Waals surface area contributed by atoms with Gasteiger partial charge in [0.1, 0.15) is 5.75 Å². The number of carbonyl (C=O) groups is 1. The maximum atomic E-state index is 11.3. The zero-order valence-corrected chi connectivity index (χ0v) is 11.6. The lowest BCUT2D eigenvalue weighted by molar-refractivity contribution is -0.119. The Morgan fingerprint density at radius 2 is 2.33 bits per heavy atom. The van der Waals surface area contributed by atoms with Gasteiger partial charge in [-0.15, -0.1) is 5.10 Å². The second-order valence-electron chi connectivity index (χ2n) is 4.50. The number of H-pyrrole nitrogens is 1. The number of nitrogens with zero attached hydrogens (tertiary/aromatic N) is 2. The largest absolute Gasteiger partial charge is 0.508 e. The van der Waals surface area contributed by atoms with Crippen molar-refractivity contribution in [2.45, 2.75) is 19.8 Å². The van der Waals surface area contributed by atoms with Crippen molar-refractivity contribution in [3.8, 4) is 5.75 Å². The van der Waals surface area contributed by atoms with Crippen LogP contribution in [0.1, 0.15) is 25.3 Å². The molecule has 0 radical (unpaired) electrons. The molecule has 2 aromatic rings. The second kappa shape index (κ2) is 6.56. The fourth-order valence-corrected chi connectivity index (χ4v) is 1.85. The van der Waals surface area contributed by atoms with Gasteiger partial charge in [0.2, 0.25) is 11.9 Å². The molecule has 0 bridgehead atoms. The summed E-state index contributed by atoms with van der Waals surface area (Å²) in [4.78, 5) is 14.4. The first-order valence-electron chi connectivity index (χ1n) is 6.56. The van der Waals surface area contributed by atoms with Crippen LogP contribution in [0.2, 0.25) is 0 Å². The van der Waals surface area contributed by atoms with E-state index >= 15 is 0 Å². The number of phenolic OH excluding ortho intramolecular Hbond substituents is 1. The molecule has 1 aromatic carbocycles. The Bertz CT molecular complexity index is 702. The van der Waals surface area contributed by atoms with E-state index < -0.39 is 0 Å². The van der Waals surface area contributed by atoms with Gasteiger partial charge in [0.25, 0.3) is 0 Å². The zero-order valence-electron chi connectivity index (χ0n) is 11.6. The van der Waals surface area contributed by atoms with E-state index in [0.29, 0.717) is 6.42 Å². The summed E-state index contributed by atoms with van der Waals surface area (Å²) < 4.78 is 0. The highest BCUT2D eigenvalue weighted by molar-refractivity contribution is 6.00. The molecule has 0 aliphatic heterocycles. The van der Waals surface area contributed by atoms with E-state index in [-0.39, 0.29) is 17.6 Å². The van der Waals surface area contributed by atoms with Crippen LogP contribution in [0.25, 0.3) is 10.9 Å². The molecule has 0 saturated heterocycles. The molecule has 7 nitrogen and oxygen atoms in total. The minimum atomic E-state index is -0.189. The van der Waals surface area contributed by atoms with Crippen molar-refractivity contribution in [1.82, 2.24) is 10.3 Å². The van der Waals surface area contributed by atoms with Crippen LogP contribution in [0.5, 0.6) is 5.75 Å². The van der Waals surface area contributed by atoms with Gasteiger partial charge in [-0.1, -0.05) is 6.92 Å². The highest BCUT2D eigenvalue weighted by Crippen LogP contribution is 2.21. The highest BCUT2D eigenvalue weighted by Gasteiger charge is 2.03. The number of amides is 1. The van der Waals surface area contributed by atoms with E-state index in [0.717, 1.165) is 22.9 Å². The topological polar surface area (TPSA) is 116 Å². The molecule has 1 heterocycles. The van der Waals surface area contributed by atoms with Crippen molar-refractivity contribution < 1.29 is 9.90 Å². The maximum absolute atomic E-state index is 11.3. The van der Waals surface area contributed by atoms with Crippen molar-refractivity contribution in [2.75, 3.05) is 0 Å². The van der Waals surface area contributed by atoms with E-state index in [4.69, 9.17) is 5.73 Å². The molecular formula is C14H17N5O2. The van der Waals surface area contributed by atoms with E-state index in [1.165, 1.54) is 6.21 Å². The van der Waals surface area contributed by atoms with Crippen LogP contribution in [0.4, 0.5) is 0 Å². The predicted octanol–water partition coefficient (Wildman–Crippen LogP) is 1.44. The number of hydrogen-bond donors (Lipinski definition) is 4. The van der Waals surface area contributed by atoms with Crippen LogP contribution in [-0.4, -0.2) is 28.2 Å². The number of nitrogens with two attached hydrogens (primary N) is 1. The lowest BCUT2D eigenvalue weighted by Crippen LogP contribution is -2.36. The van der Waals surface area contributed by atoms with Crippen LogP contribution in [0.15, 0.2) is 34.6 Å². The van der Waals surface area contributed by atoms with Gasteiger partial charge in [0.05, 0.1) is 6.21 Å². The molecule has 0 atom stereocenters. The van der Waals surface area contributed by atoms with Gasteiger partial charge in [0, 0.05) is 29.1 Å². The molecule has 1 aromatic heterocycles. The fraction of sp³-hybridized carbons (Fsp3) is 0.214. The summed E-state index contributed by atoms with van der Waals surface area (Å²) in [6.45, 7) is 1.90. The molecule has 110 valence electrons. The lowest BCUT2D eigenvalue weighted by Gasteiger charge is -2.00. The van der Waals surface area contributed by atoms with Crippen LogP contribution >= 0.6 is 0 Å². The van der Waals surface area contributed by atoms with Crippen LogP contribution in [0.3, 0.4) is 0 Å². The Morgan fingerprint density at radius 1 is 1.52 bits per heavy atom. The normalized spacial score (nSPS) is 12.1. The van der Waals surface area contributed by atoms with Gasteiger partial charge in [-0.2, -0.15) is 5.10 Å². The molecule has 2 rings (SSSR count). The van der Waals surface area contributed by atoms with Crippen molar-refractivity contribution in [3.63, 3.8) is 0 Å². The smallest absolute Gasteiger partial charge is 0.226 e. The first kappa shape index (κ1) is 14.6. The van der Waals surface area contributed by atoms with Gasteiger partial charge in [0.15, 0.2) is 0 Å². The minimum absolute atomic E-state index is 0.0487. The highest BCUT2D eigenvalue weighted by atomic mass is 16.3. The molecule has 5 N–H and O–H groups in total. The number of aromatic nitrogens is 1. The number of guanidine groups is 1. The first-order chi connectivity index (χ1) is 10.1. The third-order valence-electron chi connectivity index (χ3n) is 2.80. The Kier molecular flexibility index (Phi) is 4.55. The second-order valence-corrected chi connectivity index (χ2v) is 4.50. The number of aromatic amines is 1. The zero-order chi connectivity index (χ0) is 15.2. The third kappa shape index (κ3) is 3.82. The monoisotopic (exact) mass is 287 g/mol. The van der Waals surface area contributed by atoms with Gasteiger partial charge >= 0.3 is 0 Å². The molecule has 0 aliphatic carbocycles. The van der Waals surface area contributed by atoms with Crippen LogP contribution in [0, 0.1) is 0 Å². The van der Waals surface area contributed by atoms with E-state index in [2.05, 4.69) is 20.5 Å². The number of phenols is 1. The summed E-state index contributed by atoms with van der Waals surface area (Å²) in [6, 6.07) is 4.99. The van der Waals surface area contributed by atoms with Crippen molar-refractivity contribution >= 4 is 29.0 Å². The van der Waals surface area contributed by atoms with Crippen LogP contribution in [-0.2, 0) is 4.79 Å². The Labute approximate surface area is 121 Å². The first-order valence-corrected chi connectivity index (χ1v) is 6.56. The van der Waals surface area contributed by atoms with Gasteiger partial charge in [-0.25, -0.2) is 0 Å². The molecular weight excluding hydrogens is 270 g/mol. The summed E-state index contributed by atoms with van der Waals surface area (Å²) in [7, 11) is 0. The fourth-order valence-electron chi connectivity index (χ4n) is 1.85. The minimum Gasteiger partial charge on any atom is -0.508 e. The van der Waals surface area contributed by atoms with Gasteiger partial charge in [-0.3, -0.25) is 10.1 Å². The van der Waals surface area contributed by atoms with E-state index in [1.54, 1.807) is 24.4 Å². The molecule has 0 unspecified atom stereocenters. The molecule has 0 saturated carbocycles. The molecule has 21 heavy (non-hydrogen) atoms. The standard InChI is InChI=1S/C14H17N5O2/c1-2-3-13(21)18-14(15)19-17-8-9-7-16-12-5-4-10(20)6-11(9)12/h4-8,16,20H,2-3H2,1H3,(H3,15,18,19,21)/b17-8+. The summed E-state index contributed by atoms with van der Waals surface area (Å²) in [5.74, 6) is -0.0649. The van der Waals surface area contributed by atoms with E-state index in [1.807, 2.05) is 6.92 Å². The molecule has 1 amide bonds. The summed E-state index contributed by atoms with van der Waals surface area (Å²) in [6.07, 6.45) is 4.37. The predicted molar refractivity (Wildman–Crippen MR) is 82.2 cm³/mol. The quantitative estimate of drug-likeness (QED) is 0.387. The van der Waals surface area contributed by atoms with Crippen LogP contribution < -0.4 is 11.1 Å². The number of carbonyl (C=O) groups excluding carboxylic acids is 1. The number of benzene rings is 1. The average molecular weight is 287 g/mol. The Hall–Kier alpha value is -2.83. The summed E-state index contributed by atoms with van der Waals surface area (Å²) in [5.41, 5.74) is 7.18. The number of hydrogen-bond acceptors (Lipinski definition) is 4. The number of aromatic hydroxyl groups is 1. The third-order valence-corrected chi connectivity index (χ3v) is 2.80. The van der Waals surface area contributed by atoms with Crippen molar-refractivity contribution in [3.05, 3.63) is 30.0 Å². The van der Waals surface area contributed by atoms with Crippen molar-refractivity contribution in [2.24, 2.45) is 15.9 Å². The van der Waals surface area contributed by atoms with Crippen molar-refractivity contribution in [1.29, 1.82) is 0 Å². The average Bonchev–Trinajstić information content (AvgIpc) is 2.81. The lowest BCUT2D eigenvalue weighted by atomic mass is 10.2. The molecule has 0 aliphatic rings. The summed E-state index contributed by atoms with van der Waals surface area (Å²) >= 11 is 0. The maximum Gasteiger partial charge on any atom is 0.226 e. The number of nitrogens with one attached hydrogen (secondary N) is 2. The molecule has 0 spiro atoms. The molecule has 0 fully saturated rings. The Morgan fingerprint density at radius 3 is 3.10 bits per heavy atom. The number of fused-ring (bicyclic) bond motifs is 1. The SMILES string of the molecule is CCCC(=O)NC(N)=N/N=C/c1c[nH]c2ccc(O)cc12. The Balaban J connectivity index is 2.09. The number of rotatable bonds is 4. The van der Waals surface area contributed by atoms with Gasteiger partial charge < -0.3 is 15.8 Å².